The fourth-order valence-corrected chi connectivity index (χ4v) is 1.28. The first-order chi connectivity index (χ1) is 6.11. The van der Waals surface area contributed by atoms with Crippen LogP contribution in [0, 0.1) is 24.2 Å². The molecule has 0 aromatic rings. The molecule has 0 aliphatic rings. The standard InChI is InChI=1S/C11H16O2/c1-4-6-9(3)8-10(7-5-2)11(12)13/h2,4,9-10H,1,6-8H2,3H3,(H,12,13). The maximum absolute atomic E-state index is 10.7. The molecule has 0 saturated heterocycles. The minimum Gasteiger partial charge on any atom is -0.481 e. The SMILES string of the molecule is C#CCC(CC(C)CC=C)C(=O)O. The van der Waals surface area contributed by atoms with Crippen molar-refractivity contribution in [3.63, 3.8) is 0 Å². The van der Waals surface area contributed by atoms with E-state index in [-0.39, 0.29) is 0 Å². The van der Waals surface area contributed by atoms with Gasteiger partial charge < -0.3 is 5.11 Å². The molecule has 0 aliphatic heterocycles. The maximum Gasteiger partial charge on any atom is 0.307 e. The number of terminal acetylenes is 1. The zero-order valence-electron chi connectivity index (χ0n) is 7.99. The molecule has 2 heteroatoms. The van der Waals surface area contributed by atoms with E-state index < -0.39 is 11.9 Å². The Morgan fingerprint density at radius 2 is 2.38 bits per heavy atom. The van der Waals surface area contributed by atoms with Gasteiger partial charge in [0.25, 0.3) is 0 Å². The predicted molar refractivity (Wildman–Crippen MR) is 53.2 cm³/mol. The van der Waals surface area contributed by atoms with Gasteiger partial charge in [-0.1, -0.05) is 13.0 Å². The third-order valence-electron chi connectivity index (χ3n) is 1.97. The molecular weight excluding hydrogens is 164 g/mol. The molecule has 0 rings (SSSR count). The lowest BCUT2D eigenvalue weighted by atomic mass is 9.91. The molecule has 13 heavy (non-hydrogen) atoms. The van der Waals surface area contributed by atoms with Crippen molar-refractivity contribution in [3.05, 3.63) is 12.7 Å². The summed E-state index contributed by atoms with van der Waals surface area (Å²) in [5.74, 6) is 1.53. The van der Waals surface area contributed by atoms with Gasteiger partial charge >= 0.3 is 5.97 Å². The Bertz CT molecular complexity index is 213. The highest BCUT2D eigenvalue weighted by atomic mass is 16.4. The lowest BCUT2D eigenvalue weighted by Gasteiger charge is -2.13. The van der Waals surface area contributed by atoms with Gasteiger partial charge in [0, 0.05) is 6.42 Å². The van der Waals surface area contributed by atoms with Gasteiger partial charge in [-0.15, -0.1) is 18.9 Å². The number of rotatable bonds is 6. The van der Waals surface area contributed by atoms with Gasteiger partial charge in [0.2, 0.25) is 0 Å². The van der Waals surface area contributed by atoms with E-state index in [9.17, 15) is 4.79 Å². The highest BCUT2D eigenvalue weighted by molar-refractivity contribution is 5.70. The summed E-state index contributed by atoms with van der Waals surface area (Å²) in [4.78, 5) is 10.7. The quantitative estimate of drug-likeness (QED) is 0.503. The highest BCUT2D eigenvalue weighted by Crippen LogP contribution is 2.18. The number of aliphatic carboxylic acids is 1. The van der Waals surface area contributed by atoms with Crippen molar-refractivity contribution in [2.24, 2.45) is 11.8 Å². The first-order valence-electron chi connectivity index (χ1n) is 4.39. The van der Waals surface area contributed by atoms with E-state index >= 15 is 0 Å². The summed E-state index contributed by atoms with van der Waals surface area (Å²) in [5.41, 5.74) is 0. The van der Waals surface area contributed by atoms with E-state index in [1.165, 1.54) is 0 Å². The molecule has 72 valence electrons. The fourth-order valence-electron chi connectivity index (χ4n) is 1.28. The van der Waals surface area contributed by atoms with Crippen LogP contribution in [0.3, 0.4) is 0 Å². The zero-order valence-corrected chi connectivity index (χ0v) is 7.99. The molecule has 0 bridgehead atoms. The van der Waals surface area contributed by atoms with Gasteiger partial charge in [0.05, 0.1) is 5.92 Å². The van der Waals surface area contributed by atoms with Crippen molar-refractivity contribution in [3.8, 4) is 12.3 Å². The van der Waals surface area contributed by atoms with Gasteiger partial charge in [-0.25, -0.2) is 0 Å². The summed E-state index contributed by atoms with van der Waals surface area (Å²) in [6.45, 7) is 5.62. The van der Waals surface area contributed by atoms with Gasteiger partial charge in [-0.2, -0.15) is 0 Å². The molecule has 0 heterocycles. The predicted octanol–water partition coefficient (Wildman–Crippen LogP) is 2.31. The van der Waals surface area contributed by atoms with Crippen LogP contribution in [0.25, 0.3) is 0 Å². The normalized spacial score (nSPS) is 14.2. The smallest absolute Gasteiger partial charge is 0.307 e. The van der Waals surface area contributed by atoms with Crippen molar-refractivity contribution >= 4 is 5.97 Å². The number of carboxylic acids is 1. The molecule has 0 radical (unpaired) electrons. The van der Waals surface area contributed by atoms with Crippen LogP contribution < -0.4 is 0 Å². The van der Waals surface area contributed by atoms with Crippen LogP contribution in [0.2, 0.25) is 0 Å². The summed E-state index contributed by atoms with van der Waals surface area (Å²) in [6, 6.07) is 0. The Hall–Kier alpha value is -1.23. The number of allylic oxidation sites excluding steroid dienone is 1. The zero-order chi connectivity index (χ0) is 10.3. The third-order valence-corrected chi connectivity index (χ3v) is 1.97. The number of carbonyl (C=O) groups is 1. The Kier molecular flexibility index (Phi) is 5.71. The van der Waals surface area contributed by atoms with E-state index in [1.54, 1.807) is 6.08 Å². The summed E-state index contributed by atoms with van der Waals surface area (Å²) >= 11 is 0. The number of hydrogen-bond acceptors (Lipinski definition) is 1. The van der Waals surface area contributed by atoms with Crippen molar-refractivity contribution in [2.75, 3.05) is 0 Å². The maximum atomic E-state index is 10.7. The van der Waals surface area contributed by atoms with Crippen molar-refractivity contribution < 1.29 is 9.90 Å². The molecule has 2 unspecified atom stereocenters. The molecule has 2 nitrogen and oxygen atoms in total. The van der Waals surface area contributed by atoms with Crippen LogP contribution in [-0.2, 0) is 4.79 Å². The van der Waals surface area contributed by atoms with E-state index in [0.717, 1.165) is 6.42 Å². The van der Waals surface area contributed by atoms with Crippen LogP contribution >= 0.6 is 0 Å². The highest BCUT2D eigenvalue weighted by Gasteiger charge is 2.18. The Morgan fingerprint density at radius 3 is 2.77 bits per heavy atom. The molecule has 0 aromatic carbocycles. The van der Waals surface area contributed by atoms with Crippen molar-refractivity contribution in [2.45, 2.75) is 26.2 Å². The molecule has 0 saturated carbocycles. The second-order valence-corrected chi connectivity index (χ2v) is 3.31. The lowest BCUT2D eigenvalue weighted by molar-refractivity contribution is -0.142. The van der Waals surface area contributed by atoms with Gasteiger partial charge in [0.15, 0.2) is 0 Å². The van der Waals surface area contributed by atoms with E-state index in [0.29, 0.717) is 18.8 Å². The summed E-state index contributed by atoms with van der Waals surface area (Å²) in [7, 11) is 0. The lowest BCUT2D eigenvalue weighted by Crippen LogP contribution is -2.16. The van der Waals surface area contributed by atoms with Gasteiger partial charge in [-0.3, -0.25) is 4.79 Å². The second kappa shape index (κ2) is 6.30. The molecule has 0 fully saturated rings. The largest absolute Gasteiger partial charge is 0.481 e. The summed E-state index contributed by atoms with van der Waals surface area (Å²) in [5, 5.41) is 8.80. The van der Waals surface area contributed by atoms with Crippen LogP contribution in [0.15, 0.2) is 12.7 Å². The molecule has 0 spiro atoms. The van der Waals surface area contributed by atoms with Crippen LogP contribution in [0.4, 0.5) is 0 Å². The second-order valence-electron chi connectivity index (χ2n) is 3.31. The Morgan fingerprint density at radius 1 is 1.77 bits per heavy atom. The molecule has 0 amide bonds. The fraction of sp³-hybridized carbons (Fsp3) is 0.545. The summed E-state index contributed by atoms with van der Waals surface area (Å²) in [6.07, 6.45) is 8.68. The average Bonchev–Trinajstić information content (AvgIpc) is 2.04. The molecule has 0 aliphatic carbocycles. The number of hydrogen-bond donors (Lipinski definition) is 1. The topological polar surface area (TPSA) is 37.3 Å². The monoisotopic (exact) mass is 180 g/mol. The molecule has 2 atom stereocenters. The number of carboxylic acid groups (broad SMARTS) is 1. The average molecular weight is 180 g/mol. The van der Waals surface area contributed by atoms with Crippen molar-refractivity contribution in [1.82, 2.24) is 0 Å². The van der Waals surface area contributed by atoms with Crippen LogP contribution in [0.5, 0.6) is 0 Å². The molecule has 0 aromatic heterocycles. The van der Waals surface area contributed by atoms with Crippen molar-refractivity contribution in [1.29, 1.82) is 0 Å². The van der Waals surface area contributed by atoms with Gasteiger partial charge in [0.1, 0.15) is 0 Å². The Balaban J connectivity index is 4.02. The van der Waals surface area contributed by atoms with E-state index in [2.05, 4.69) is 12.5 Å². The minimum absolute atomic E-state index is 0.316. The van der Waals surface area contributed by atoms with Crippen LogP contribution in [0.1, 0.15) is 26.2 Å². The first kappa shape index (κ1) is 11.8. The summed E-state index contributed by atoms with van der Waals surface area (Å²) < 4.78 is 0. The van der Waals surface area contributed by atoms with E-state index in [4.69, 9.17) is 11.5 Å². The van der Waals surface area contributed by atoms with Crippen LogP contribution in [-0.4, -0.2) is 11.1 Å². The Labute approximate surface area is 79.7 Å². The third kappa shape index (κ3) is 5.08. The first-order valence-corrected chi connectivity index (χ1v) is 4.39. The molecule has 1 N–H and O–H groups in total. The minimum atomic E-state index is -0.797. The molecular formula is C11H16O2. The van der Waals surface area contributed by atoms with Gasteiger partial charge in [-0.05, 0) is 18.8 Å². The van der Waals surface area contributed by atoms with E-state index in [1.807, 2.05) is 6.92 Å².